The van der Waals surface area contributed by atoms with Gasteiger partial charge in [-0.25, -0.2) is 0 Å². The fourth-order valence-corrected chi connectivity index (χ4v) is 9.08. The first kappa shape index (κ1) is 20.0. The zero-order valence-corrected chi connectivity index (χ0v) is 19.4. The van der Waals surface area contributed by atoms with Crippen molar-refractivity contribution in [1.82, 2.24) is 5.32 Å². The normalized spacial score (nSPS) is 55.0. The van der Waals surface area contributed by atoms with Gasteiger partial charge in [-0.15, -0.1) is 0 Å². The van der Waals surface area contributed by atoms with Crippen molar-refractivity contribution in [3.05, 3.63) is 22.8 Å². The van der Waals surface area contributed by atoms with Crippen LogP contribution in [0.15, 0.2) is 22.8 Å². The lowest BCUT2D eigenvalue weighted by Gasteiger charge is -2.53. The summed E-state index contributed by atoms with van der Waals surface area (Å²) in [7, 11) is 0. The summed E-state index contributed by atoms with van der Waals surface area (Å²) >= 11 is 0. The molecule has 2 saturated heterocycles. The molecule has 4 fully saturated rings. The van der Waals surface area contributed by atoms with Crippen LogP contribution in [0.1, 0.15) is 72.6 Å². The van der Waals surface area contributed by atoms with Crippen LogP contribution in [0.4, 0.5) is 0 Å². The maximum atomic E-state index is 10.3. The zero-order valence-electron chi connectivity index (χ0n) is 19.4. The van der Waals surface area contributed by atoms with Crippen molar-refractivity contribution < 1.29 is 9.84 Å². The van der Waals surface area contributed by atoms with E-state index in [1.54, 1.807) is 11.1 Å². The van der Waals surface area contributed by atoms with E-state index in [1.807, 2.05) is 5.57 Å². The first-order valence-electron chi connectivity index (χ1n) is 12.8. The van der Waals surface area contributed by atoms with Crippen molar-refractivity contribution in [2.75, 3.05) is 6.54 Å². The molecule has 0 aromatic carbocycles. The molecule has 3 nitrogen and oxygen atoms in total. The minimum Gasteiger partial charge on any atom is -0.393 e. The Hall–Kier alpha value is -0.640. The average Bonchev–Trinajstić information content (AvgIpc) is 3.09. The monoisotopic (exact) mass is 411 g/mol. The highest BCUT2D eigenvalue weighted by Crippen LogP contribution is 2.64. The van der Waals surface area contributed by atoms with Gasteiger partial charge in [0.1, 0.15) is 0 Å². The molecule has 2 heterocycles. The van der Waals surface area contributed by atoms with Crippen LogP contribution < -0.4 is 5.32 Å². The molecule has 166 valence electrons. The lowest BCUT2D eigenvalue weighted by atomic mass is 9.56. The topological polar surface area (TPSA) is 41.5 Å². The van der Waals surface area contributed by atoms with Gasteiger partial charge in [0.05, 0.1) is 18.3 Å². The smallest absolute Gasteiger partial charge is 0.0737 e. The second-order valence-corrected chi connectivity index (χ2v) is 12.2. The van der Waals surface area contributed by atoms with Crippen LogP contribution >= 0.6 is 0 Å². The standard InChI is InChI=1S/C27H41NO2/c1-14-9-24-26(28-13-14)16(3)25-15(2)20-11-22-19(21(20)12-23(25)30-24)6-5-17-10-18(29)7-8-27(17,22)4/h5,14,16,18-19,21-26,28-29H,6-13H2,1-4H3. The SMILES string of the molecule is CC1=C2CC3C(CC=C4CC(O)CCC43C)C2CC2OC3CC(C)CNC3C(C)C12. The van der Waals surface area contributed by atoms with Crippen LogP contribution in [0.3, 0.4) is 0 Å². The number of piperidine rings is 1. The van der Waals surface area contributed by atoms with E-state index in [-0.39, 0.29) is 6.10 Å². The van der Waals surface area contributed by atoms with E-state index < -0.39 is 0 Å². The van der Waals surface area contributed by atoms with Gasteiger partial charge in [-0.3, -0.25) is 0 Å². The van der Waals surface area contributed by atoms with Gasteiger partial charge in [0.2, 0.25) is 0 Å². The molecule has 0 bridgehead atoms. The van der Waals surface area contributed by atoms with E-state index in [1.165, 1.54) is 32.1 Å². The van der Waals surface area contributed by atoms with Gasteiger partial charge in [-0.1, -0.05) is 43.6 Å². The minimum absolute atomic E-state index is 0.110. The number of nitrogens with one attached hydrogen (secondary N) is 1. The van der Waals surface area contributed by atoms with Crippen LogP contribution in [-0.2, 0) is 4.74 Å². The summed E-state index contributed by atoms with van der Waals surface area (Å²) in [6.07, 6.45) is 11.3. The zero-order chi connectivity index (χ0) is 20.8. The summed E-state index contributed by atoms with van der Waals surface area (Å²) in [6, 6.07) is 0.531. The molecule has 2 N–H and O–H groups in total. The number of ether oxygens (including phenoxy) is 1. The largest absolute Gasteiger partial charge is 0.393 e. The summed E-state index contributed by atoms with van der Waals surface area (Å²) in [5.41, 5.74) is 5.39. The fraction of sp³-hybridized carbons (Fsp3) is 0.852. The second-order valence-electron chi connectivity index (χ2n) is 12.2. The van der Waals surface area contributed by atoms with Crippen LogP contribution in [0.5, 0.6) is 0 Å². The molecule has 0 amide bonds. The maximum Gasteiger partial charge on any atom is 0.0737 e. The molecular formula is C27H41NO2. The Morgan fingerprint density at radius 2 is 2.00 bits per heavy atom. The third-order valence-electron chi connectivity index (χ3n) is 10.7. The van der Waals surface area contributed by atoms with E-state index in [9.17, 15) is 5.11 Å². The van der Waals surface area contributed by atoms with E-state index >= 15 is 0 Å². The minimum atomic E-state index is -0.110. The number of allylic oxidation sites excluding steroid dienone is 2. The van der Waals surface area contributed by atoms with E-state index in [0.717, 1.165) is 43.1 Å². The average molecular weight is 412 g/mol. The highest BCUT2D eigenvalue weighted by Gasteiger charge is 2.57. The summed E-state index contributed by atoms with van der Waals surface area (Å²) < 4.78 is 6.89. The molecule has 3 heteroatoms. The summed E-state index contributed by atoms with van der Waals surface area (Å²) in [5.74, 6) is 4.30. The van der Waals surface area contributed by atoms with Crippen molar-refractivity contribution in [3.63, 3.8) is 0 Å². The van der Waals surface area contributed by atoms with Crippen molar-refractivity contribution in [2.45, 2.75) is 97.0 Å². The van der Waals surface area contributed by atoms with Gasteiger partial charge in [0.25, 0.3) is 0 Å². The molecule has 2 saturated carbocycles. The van der Waals surface area contributed by atoms with E-state index in [4.69, 9.17) is 4.74 Å². The molecule has 0 spiro atoms. The molecule has 4 aliphatic carbocycles. The Morgan fingerprint density at radius 3 is 2.83 bits per heavy atom. The van der Waals surface area contributed by atoms with Gasteiger partial charge in [0, 0.05) is 12.0 Å². The van der Waals surface area contributed by atoms with Gasteiger partial charge in [0.15, 0.2) is 0 Å². The summed E-state index contributed by atoms with van der Waals surface area (Å²) in [5, 5.41) is 14.1. The predicted octanol–water partition coefficient (Wildman–Crippen LogP) is 4.86. The number of aliphatic hydroxyl groups is 1. The number of rotatable bonds is 0. The first-order chi connectivity index (χ1) is 14.4. The van der Waals surface area contributed by atoms with Crippen molar-refractivity contribution >= 4 is 0 Å². The van der Waals surface area contributed by atoms with Crippen LogP contribution in [0.25, 0.3) is 0 Å². The molecule has 0 radical (unpaired) electrons. The summed E-state index contributed by atoms with van der Waals surface area (Å²) in [6.45, 7) is 11.0. The molecule has 0 aromatic heterocycles. The van der Waals surface area contributed by atoms with E-state index in [2.05, 4.69) is 39.1 Å². The maximum absolute atomic E-state index is 10.3. The molecule has 11 atom stereocenters. The predicted molar refractivity (Wildman–Crippen MR) is 120 cm³/mol. The van der Waals surface area contributed by atoms with Gasteiger partial charge < -0.3 is 15.2 Å². The lowest BCUT2D eigenvalue weighted by Crippen LogP contribution is -2.61. The van der Waals surface area contributed by atoms with Crippen molar-refractivity contribution in [2.24, 2.45) is 40.9 Å². The number of fused-ring (bicyclic) bond motifs is 7. The number of aliphatic hydroxyl groups excluding tert-OH is 1. The molecule has 6 aliphatic rings. The Bertz CT molecular complexity index is 786. The molecular weight excluding hydrogens is 370 g/mol. The Kier molecular flexibility index (Phi) is 4.62. The first-order valence-corrected chi connectivity index (χ1v) is 12.8. The van der Waals surface area contributed by atoms with Crippen molar-refractivity contribution in [1.29, 1.82) is 0 Å². The lowest BCUT2D eigenvalue weighted by molar-refractivity contribution is -0.143. The molecule has 6 rings (SSSR count). The highest BCUT2D eigenvalue weighted by molar-refractivity contribution is 5.35. The van der Waals surface area contributed by atoms with Crippen LogP contribution in [0, 0.1) is 40.9 Å². The molecule has 2 aliphatic heterocycles. The molecule has 30 heavy (non-hydrogen) atoms. The second kappa shape index (κ2) is 6.93. The van der Waals surface area contributed by atoms with Crippen LogP contribution in [-0.4, -0.2) is 36.0 Å². The highest BCUT2D eigenvalue weighted by atomic mass is 16.5. The molecule has 11 unspecified atom stereocenters. The third kappa shape index (κ3) is 2.74. The third-order valence-corrected chi connectivity index (χ3v) is 10.7. The Morgan fingerprint density at radius 1 is 1.17 bits per heavy atom. The number of hydrogen-bond acceptors (Lipinski definition) is 3. The summed E-state index contributed by atoms with van der Waals surface area (Å²) in [4.78, 5) is 0. The van der Waals surface area contributed by atoms with Crippen LogP contribution in [0.2, 0.25) is 0 Å². The fourth-order valence-electron chi connectivity index (χ4n) is 9.08. The van der Waals surface area contributed by atoms with Gasteiger partial charge >= 0.3 is 0 Å². The Labute approximate surface area is 182 Å². The quantitative estimate of drug-likeness (QED) is 0.560. The van der Waals surface area contributed by atoms with E-state index in [0.29, 0.717) is 35.5 Å². The van der Waals surface area contributed by atoms with Crippen molar-refractivity contribution in [3.8, 4) is 0 Å². The molecule has 0 aromatic rings. The Balaban J connectivity index is 1.32. The van der Waals surface area contributed by atoms with Gasteiger partial charge in [-0.05, 0) is 93.4 Å². The van der Waals surface area contributed by atoms with Gasteiger partial charge in [-0.2, -0.15) is 0 Å². The number of hydrogen-bond donors (Lipinski definition) is 2.